The molecule has 0 unspecified atom stereocenters. The maximum absolute atomic E-state index is 12.3. The van der Waals surface area contributed by atoms with Crippen LogP contribution in [0.4, 0.5) is 0 Å². The molecule has 0 spiro atoms. The Morgan fingerprint density at radius 3 is 2.35 bits per heavy atom. The van der Waals surface area contributed by atoms with Crippen molar-refractivity contribution in [1.29, 1.82) is 0 Å². The fourth-order valence-corrected chi connectivity index (χ4v) is 2.56. The van der Waals surface area contributed by atoms with Crippen LogP contribution in [0.25, 0.3) is 0 Å². The summed E-state index contributed by atoms with van der Waals surface area (Å²) in [7, 11) is 0. The van der Waals surface area contributed by atoms with Gasteiger partial charge in [-0.1, -0.05) is 29.8 Å². The molecule has 4 heteroatoms. The van der Waals surface area contributed by atoms with E-state index < -0.39 is 0 Å². The minimum Gasteiger partial charge on any atom is -0.339 e. The highest BCUT2D eigenvalue weighted by atomic mass is 79.9. The highest BCUT2D eigenvalue weighted by Gasteiger charge is 2.16. The molecule has 0 N–H and O–H groups in total. The van der Waals surface area contributed by atoms with E-state index in [9.17, 15) is 4.79 Å². The number of carbonyl (C=O) groups excluding carboxylic acids is 1. The maximum Gasteiger partial charge on any atom is 0.254 e. The lowest BCUT2D eigenvalue weighted by atomic mass is 10.2. The summed E-state index contributed by atoms with van der Waals surface area (Å²) in [5, 5.41) is 0. The van der Waals surface area contributed by atoms with Gasteiger partial charge in [0, 0.05) is 22.5 Å². The van der Waals surface area contributed by atoms with Crippen molar-refractivity contribution in [3.63, 3.8) is 0 Å². The van der Waals surface area contributed by atoms with E-state index in [0.29, 0.717) is 5.56 Å². The Hall–Kier alpha value is -0.480. The molecule has 0 aliphatic carbocycles. The van der Waals surface area contributed by atoms with Gasteiger partial charge >= 0.3 is 0 Å². The van der Waals surface area contributed by atoms with Crippen molar-refractivity contribution in [2.75, 3.05) is 13.1 Å². The van der Waals surface area contributed by atoms with Crippen molar-refractivity contribution >= 4 is 34.5 Å². The van der Waals surface area contributed by atoms with Crippen LogP contribution in [0.2, 0.25) is 0 Å². The van der Waals surface area contributed by atoms with Gasteiger partial charge in [-0.2, -0.15) is 0 Å². The van der Waals surface area contributed by atoms with E-state index in [1.807, 2.05) is 23.1 Å². The molecule has 0 radical (unpaired) electrons. The first-order valence-electron chi connectivity index (χ1n) is 5.88. The third kappa shape index (κ3) is 4.03. The van der Waals surface area contributed by atoms with Crippen LogP contribution in [0.5, 0.6) is 0 Å². The first-order valence-corrected chi connectivity index (χ1v) is 7.12. The smallest absolute Gasteiger partial charge is 0.254 e. The molecule has 0 bridgehead atoms. The number of thiol groups is 1. The molecule has 0 fully saturated rings. The lowest BCUT2D eigenvalue weighted by Crippen LogP contribution is -2.32. The minimum atomic E-state index is 0.0752. The molecule has 0 saturated carbocycles. The van der Waals surface area contributed by atoms with E-state index in [2.05, 4.69) is 42.4 Å². The van der Waals surface area contributed by atoms with Gasteiger partial charge in [-0.05, 0) is 31.0 Å². The molecule has 17 heavy (non-hydrogen) atoms. The molecule has 2 nitrogen and oxygen atoms in total. The van der Waals surface area contributed by atoms with Gasteiger partial charge in [-0.15, -0.1) is 12.6 Å². The van der Waals surface area contributed by atoms with Crippen LogP contribution in [0.3, 0.4) is 0 Å². The predicted molar refractivity (Wildman–Crippen MR) is 77.9 cm³/mol. The first-order chi connectivity index (χ1) is 8.10. The molecule has 1 amide bonds. The molecule has 0 saturated heterocycles. The van der Waals surface area contributed by atoms with Crippen molar-refractivity contribution in [2.24, 2.45) is 0 Å². The van der Waals surface area contributed by atoms with E-state index in [1.54, 1.807) is 0 Å². The fourth-order valence-electron chi connectivity index (χ4n) is 1.71. The number of rotatable bonds is 5. The fraction of sp³-hybridized carbons (Fsp3) is 0.462. The lowest BCUT2D eigenvalue weighted by Gasteiger charge is -2.22. The summed E-state index contributed by atoms with van der Waals surface area (Å²) < 4.78 is 0.941. The zero-order valence-electron chi connectivity index (χ0n) is 10.2. The number of halogens is 1. The molecule has 0 heterocycles. The van der Waals surface area contributed by atoms with Gasteiger partial charge in [-0.25, -0.2) is 0 Å². The largest absolute Gasteiger partial charge is 0.339 e. The number of hydrogen-bond donors (Lipinski definition) is 1. The third-order valence-electron chi connectivity index (χ3n) is 2.46. The van der Waals surface area contributed by atoms with Crippen LogP contribution in [-0.2, 0) is 0 Å². The van der Waals surface area contributed by atoms with Crippen molar-refractivity contribution in [3.8, 4) is 0 Å². The summed E-state index contributed by atoms with van der Waals surface area (Å²) in [4.78, 5) is 14.9. The molecule has 0 atom stereocenters. The number of hydrogen-bond acceptors (Lipinski definition) is 2. The molecule has 1 aromatic carbocycles. The second-order valence-corrected chi connectivity index (χ2v) is 5.35. The Kier molecular flexibility index (Phi) is 6.06. The van der Waals surface area contributed by atoms with Gasteiger partial charge < -0.3 is 4.90 Å². The molecular weight excluding hydrogens is 298 g/mol. The summed E-state index contributed by atoms with van der Waals surface area (Å²) in [5.41, 5.74) is 0.679. The number of nitrogens with zero attached hydrogens (tertiary/aromatic N) is 1. The van der Waals surface area contributed by atoms with Gasteiger partial charge in [0.15, 0.2) is 0 Å². The summed E-state index contributed by atoms with van der Waals surface area (Å²) in [6.07, 6.45) is 1.95. The van der Waals surface area contributed by atoms with Crippen LogP contribution in [0, 0.1) is 0 Å². The first kappa shape index (κ1) is 14.6. The molecule has 1 rings (SSSR count). The van der Waals surface area contributed by atoms with Gasteiger partial charge in [0.2, 0.25) is 0 Å². The van der Waals surface area contributed by atoms with Crippen LogP contribution in [0.15, 0.2) is 27.6 Å². The Balaban J connectivity index is 2.92. The summed E-state index contributed by atoms with van der Waals surface area (Å²) >= 11 is 7.73. The van der Waals surface area contributed by atoms with E-state index in [4.69, 9.17) is 0 Å². The quantitative estimate of drug-likeness (QED) is 0.814. The molecular formula is C13H18BrNOS. The molecule has 94 valence electrons. The van der Waals surface area contributed by atoms with Crippen LogP contribution >= 0.6 is 28.6 Å². The van der Waals surface area contributed by atoms with E-state index in [1.165, 1.54) is 0 Å². The summed E-state index contributed by atoms with van der Waals surface area (Å²) in [6, 6.07) is 5.56. The Morgan fingerprint density at radius 1 is 1.29 bits per heavy atom. The van der Waals surface area contributed by atoms with Crippen LogP contribution in [-0.4, -0.2) is 23.9 Å². The third-order valence-corrected chi connectivity index (χ3v) is 3.33. The summed E-state index contributed by atoms with van der Waals surface area (Å²) in [6.45, 7) is 5.77. The zero-order valence-corrected chi connectivity index (χ0v) is 12.7. The van der Waals surface area contributed by atoms with Gasteiger partial charge in [-0.3, -0.25) is 4.79 Å². The monoisotopic (exact) mass is 315 g/mol. The van der Waals surface area contributed by atoms with E-state index in [0.717, 1.165) is 35.3 Å². The number of amides is 1. The predicted octanol–water partition coefficient (Wildman–Crippen LogP) is 4.00. The van der Waals surface area contributed by atoms with Crippen LogP contribution < -0.4 is 0 Å². The highest BCUT2D eigenvalue weighted by Crippen LogP contribution is 2.21. The minimum absolute atomic E-state index is 0.0752. The topological polar surface area (TPSA) is 20.3 Å². The number of benzene rings is 1. The molecule has 0 aliphatic rings. The lowest BCUT2D eigenvalue weighted by molar-refractivity contribution is 0.0752. The molecule has 0 aliphatic heterocycles. The van der Waals surface area contributed by atoms with E-state index in [-0.39, 0.29) is 5.91 Å². The Morgan fingerprint density at radius 2 is 1.88 bits per heavy atom. The van der Waals surface area contributed by atoms with Crippen molar-refractivity contribution in [1.82, 2.24) is 4.90 Å². The van der Waals surface area contributed by atoms with Crippen molar-refractivity contribution in [3.05, 3.63) is 28.2 Å². The van der Waals surface area contributed by atoms with Gasteiger partial charge in [0.25, 0.3) is 5.91 Å². The average molecular weight is 316 g/mol. The normalized spacial score (nSPS) is 10.4. The molecule has 0 aromatic heterocycles. The maximum atomic E-state index is 12.3. The average Bonchev–Trinajstić information content (AvgIpc) is 2.28. The zero-order chi connectivity index (χ0) is 12.8. The summed E-state index contributed by atoms with van der Waals surface area (Å²) in [5.74, 6) is 0.0752. The van der Waals surface area contributed by atoms with Crippen molar-refractivity contribution < 1.29 is 4.79 Å². The highest BCUT2D eigenvalue weighted by molar-refractivity contribution is 9.10. The Bertz CT molecular complexity index is 389. The SMILES string of the molecule is CCCN(CCC)C(=O)c1ccc(Br)cc1S. The Labute approximate surface area is 117 Å². The van der Waals surface area contributed by atoms with Crippen LogP contribution in [0.1, 0.15) is 37.0 Å². The van der Waals surface area contributed by atoms with E-state index >= 15 is 0 Å². The van der Waals surface area contributed by atoms with Gasteiger partial charge in [0.05, 0.1) is 5.56 Å². The second kappa shape index (κ2) is 7.07. The molecule has 1 aromatic rings. The standard InChI is InChI=1S/C13H18BrNOS/c1-3-7-15(8-4-2)13(16)11-6-5-10(14)9-12(11)17/h5-6,9,17H,3-4,7-8H2,1-2H3. The number of carbonyl (C=O) groups is 1. The second-order valence-electron chi connectivity index (χ2n) is 3.95. The van der Waals surface area contributed by atoms with Gasteiger partial charge in [0.1, 0.15) is 0 Å². The van der Waals surface area contributed by atoms with Crippen molar-refractivity contribution in [2.45, 2.75) is 31.6 Å².